The maximum Gasteiger partial charge on any atom is 0.171 e. The van der Waals surface area contributed by atoms with E-state index >= 15 is 0 Å². The lowest BCUT2D eigenvalue weighted by atomic mass is 10.2. The first-order valence-electron chi connectivity index (χ1n) is 4.32. The third-order valence-electron chi connectivity index (χ3n) is 1.98. The Morgan fingerprint density at radius 2 is 2.27 bits per heavy atom. The fraction of sp³-hybridized carbons (Fsp3) is 0.222. The molecule has 4 nitrogen and oxygen atoms in total. The molecule has 6 heteroatoms. The molecular weight excluding hydrogens is 279 g/mol. The van der Waals surface area contributed by atoms with E-state index in [0.717, 1.165) is 10.2 Å². The van der Waals surface area contributed by atoms with Crippen LogP contribution in [0.4, 0.5) is 0 Å². The number of rotatable bonds is 2. The molecule has 2 rings (SSSR count). The Hall–Kier alpha value is -0.940. The van der Waals surface area contributed by atoms with Gasteiger partial charge in [-0.2, -0.15) is 4.68 Å². The third kappa shape index (κ3) is 2.03. The van der Waals surface area contributed by atoms with Gasteiger partial charge in [0.25, 0.3) is 0 Å². The second-order valence-electron chi connectivity index (χ2n) is 3.10. The molecule has 0 bridgehead atoms. The van der Waals surface area contributed by atoms with Crippen molar-refractivity contribution in [2.75, 3.05) is 0 Å². The lowest BCUT2D eigenvalue weighted by Gasteiger charge is -2.05. The van der Waals surface area contributed by atoms with Crippen LogP contribution in [0.1, 0.15) is 11.4 Å². The smallest absolute Gasteiger partial charge is 0.171 e. The van der Waals surface area contributed by atoms with Crippen LogP contribution in [0, 0.1) is 6.92 Å². The number of aryl methyl sites for hydroxylation is 1. The molecule has 0 fully saturated rings. The van der Waals surface area contributed by atoms with Crippen molar-refractivity contribution in [3.8, 4) is 5.69 Å². The topological polar surface area (TPSA) is 43.6 Å². The fourth-order valence-electron chi connectivity index (χ4n) is 1.26. The molecule has 15 heavy (non-hydrogen) atoms. The van der Waals surface area contributed by atoms with Crippen LogP contribution < -0.4 is 0 Å². The number of tetrazole rings is 1. The molecule has 1 heterocycles. The Bertz CT molecular complexity index is 483. The van der Waals surface area contributed by atoms with Gasteiger partial charge in [-0.1, -0.05) is 6.07 Å². The van der Waals surface area contributed by atoms with Gasteiger partial charge in [0.15, 0.2) is 5.82 Å². The van der Waals surface area contributed by atoms with Gasteiger partial charge in [-0.25, -0.2) is 0 Å². The zero-order chi connectivity index (χ0) is 10.8. The average molecular weight is 288 g/mol. The van der Waals surface area contributed by atoms with Crippen molar-refractivity contribution in [1.29, 1.82) is 0 Å². The molecule has 0 unspecified atom stereocenters. The zero-order valence-electron chi connectivity index (χ0n) is 7.98. The van der Waals surface area contributed by atoms with Gasteiger partial charge in [0.1, 0.15) is 0 Å². The minimum Gasteiger partial charge on any atom is -0.195 e. The van der Waals surface area contributed by atoms with E-state index in [0.29, 0.717) is 5.82 Å². The van der Waals surface area contributed by atoms with Gasteiger partial charge < -0.3 is 0 Å². The van der Waals surface area contributed by atoms with Crippen LogP contribution in [-0.4, -0.2) is 20.2 Å². The van der Waals surface area contributed by atoms with Gasteiger partial charge in [0.05, 0.1) is 11.6 Å². The largest absolute Gasteiger partial charge is 0.195 e. The number of benzene rings is 1. The summed E-state index contributed by atoms with van der Waals surface area (Å²) in [5, 5.41) is 11.3. The molecule has 1 aromatic carbocycles. The molecule has 0 aliphatic rings. The SMILES string of the molecule is Cc1ccc(-n2nnnc2CCl)c(Br)c1. The van der Waals surface area contributed by atoms with Gasteiger partial charge >= 0.3 is 0 Å². The van der Waals surface area contributed by atoms with Crippen LogP contribution in [0.25, 0.3) is 5.69 Å². The van der Waals surface area contributed by atoms with Crippen molar-refractivity contribution in [1.82, 2.24) is 20.2 Å². The van der Waals surface area contributed by atoms with Gasteiger partial charge in [-0.3, -0.25) is 0 Å². The van der Waals surface area contributed by atoms with Crippen LogP contribution in [0.3, 0.4) is 0 Å². The summed E-state index contributed by atoms with van der Waals surface area (Å²) in [6.45, 7) is 2.02. The zero-order valence-corrected chi connectivity index (χ0v) is 10.3. The lowest BCUT2D eigenvalue weighted by molar-refractivity contribution is 0.774. The Kier molecular flexibility index (Phi) is 3.02. The van der Waals surface area contributed by atoms with Crippen LogP contribution >= 0.6 is 27.5 Å². The molecule has 0 atom stereocenters. The van der Waals surface area contributed by atoms with Gasteiger partial charge in [0.2, 0.25) is 0 Å². The summed E-state index contributed by atoms with van der Waals surface area (Å²) in [7, 11) is 0. The van der Waals surface area contributed by atoms with Crippen LogP contribution in [0.15, 0.2) is 22.7 Å². The number of halogens is 2. The predicted molar refractivity (Wildman–Crippen MR) is 61.1 cm³/mol. The van der Waals surface area contributed by atoms with Gasteiger partial charge in [-0.05, 0) is 51.0 Å². The number of nitrogens with zero attached hydrogens (tertiary/aromatic N) is 4. The normalized spacial score (nSPS) is 10.6. The van der Waals surface area contributed by atoms with Gasteiger partial charge in [-0.15, -0.1) is 16.7 Å². The van der Waals surface area contributed by atoms with E-state index in [2.05, 4.69) is 31.5 Å². The number of aromatic nitrogens is 4. The molecule has 0 N–H and O–H groups in total. The second kappa shape index (κ2) is 4.28. The number of hydrogen-bond donors (Lipinski definition) is 0. The van der Waals surface area contributed by atoms with E-state index in [1.807, 2.05) is 25.1 Å². The van der Waals surface area contributed by atoms with E-state index in [1.165, 1.54) is 5.56 Å². The van der Waals surface area contributed by atoms with Crippen molar-refractivity contribution in [2.24, 2.45) is 0 Å². The molecule has 1 aromatic heterocycles. The Labute approximate surface area is 100 Å². The second-order valence-corrected chi connectivity index (χ2v) is 4.22. The van der Waals surface area contributed by atoms with Crippen molar-refractivity contribution in [3.05, 3.63) is 34.1 Å². The monoisotopic (exact) mass is 286 g/mol. The summed E-state index contributed by atoms with van der Waals surface area (Å²) in [5.41, 5.74) is 2.06. The van der Waals surface area contributed by atoms with E-state index in [1.54, 1.807) is 4.68 Å². The molecule has 0 spiro atoms. The first-order chi connectivity index (χ1) is 7.22. The Balaban J connectivity index is 2.54. The van der Waals surface area contributed by atoms with E-state index in [-0.39, 0.29) is 5.88 Å². The molecule has 0 radical (unpaired) electrons. The number of alkyl halides is 1. The van der Waals surface area contributed by atoms with Crippen LogP contribution in [0.5, 0.6) is 0 Å². The molecule has 0 saturated heterocycles. The fourth-order valence-corrected chi connectivity index (χ4v) is 2.09. The molecule has 0 aliphatic heterocycles. The van der Waals surface area contributed by atoms with Crippen LogP contribution in [0.2, 0.25) is 0 Å². The number of hydrogen-bond acceptors (Lipinski definition) is 3. The highest BCUT2D eigenvalue weighted by atomic mass is 79.9. The Morgan fingerprint density at radius 1 is 1.47 bits per heavy atom. The average Bonchev–Trinajstić information content (AvgIpc) is 2.65. The highest BCUT2D eigenvalue weighted by molar-refractivity contribution is 9.10. The molecule has 0 aliphatic carbocycles. The minimum atomic E-state index is 0.285. The molecule has 78 valence electrons. The van der Waals surface area contributed by atoms with Crippen molar-refractivity contribution in [3.63, 3.8) is 0 Å². The summed E-state index contributed by atoms with van der Waals surface area (Å²) < 4.78 is 2.57. The minimum absolute atomic E-state index is 0.285. The highest BCUT2D eigenvalue weighted by Gasteiger charge is 2.09. The van der Waals surface area contributed by atoms with Gasteiger partial charge in [0, 0.05) is 4.47 Å². The summed E-state index contributed by atoms with van der Waals surface area (Å²) >= 11 is 9.20. The van der Waals surface area contributed by atoms with E-state index < -0.39 is 0 Å². The standard InChI is InChI=1S/C9H8BrClN4/c1-6-2-3-8(7(10)4-6)15-9(5-11)12-13-14-15/h2-4H,5H2,1H3. The quantitative estimate of drug-likeness (QED) is 0.797. The maximum absolute atomic E-state index is 5.73. The summed E-state index contributed by atoms with van der Waals surface area (Å²) in [4.78, 5) is 0. The van der Waals surface area contributed by atoms with E-state index in [4.69, 9.17) is 11.6 Å². The van der Waals surface area contributed by atoms with Crippen LogP contribution in [-0.2, 0) is 5.88 Å². The molecule has 2 aromatic rings. The van der Waals surface area contributed by atoms with Crippen molar-refractivity contribution in [2.45, 2.75) is 12.8 Å². The summed E-state index contributed by atoms with van der Waals surface area (Å²) in [6, 6.07) is 5.96. The van der Waals surface area contributed by atoms with Crippen molar-refractivity contribution < 1.29 is 0 Å². The summed E-state index contributed by atoms with van der Waals surface area (Å²) in [5.74, 6) is 0.911. The highest BCUT2D eigenvalue weighted by Crippen LogP contribution is 2.22. The first-order valence-corrected chi connectivity index (χ1v) is 5.65. The van der Waals surface area contributed by atoms with Crippen molar-refractivity contribution >= 4 is 27.5 Å². The molecule has 0 amide bonds. The predicted octanol–water partition coefficient (Wildman–Crippen LogP) is 2.47. The lowest BCUT2D eigenvalue weighted by Crippen LogP contribution is -2.02. The maximum atomic E-state index is 5.73. The first kappa shape index (κ1) is 10.6. The third-order valence-corrected chi connectivity index (χ3v) is 2.86. The van der Waals surface area contributed by atoms with E-state index in [9.17, 15) is 0 Å². The molecular formula is C9H8BrClN4. The Morgan fingerprint density at radius 3 is 2.93 bits per heavy atom. The summed E-state index contributed by atoms with van der Waals surface area (Å²) in [6.07, 6.45) is 0. The molecule has 0 saturated carbocycles.